The Morgan fingerprint density at radius 2 is 0.969 bits per heavy atom. The molecule has 2 bridgehead atoms. The van der Waals surface area contributed by atoms with Crippen LogP contribution in [0.25, 0.3) is 0 Å². The maximum Gasteiger partial charge on any atom is 0.530 e. The summed E-state index contributed by atoms with van der Waals surface area (Å²) in [5.41, 5.74) is -1.74. The Balaban J connectivity index is 1.71. The second kappa shape index (κ2) is 7.07. The van der Waals surface area contributed by atoms with Crippen molar-refractivity contribution in [1.82, 2.24) is 0 Å². The van der Waals surface area contributed by atoms with Crippen molar-refractivity contribution < 1.29 is 23.8 Å². The van der Waals surface area contributed by atoms with Gasteiger partial charge in [0.25, 0.3) is 0 Å². The van der Waals surface area contributed by atoms with E-state index < -0.39 is 19.8 Å². The molecule has 0 radical (unpaired) electrons. The summed E-state index contributed by atoms with van der Waals surface area (Å²) in [5, 5.41) is 25.3. The highest BCUT2D eigenvalue weighted by Crippen LogP contribution is 2.67. The Kier molecular flexibility index (Phi) is 4.27. The molecule has 4 aromatic rings. The molecule has 5 nitrogen and oxygen atoms in total. The number of hydrogen-bond acceptors (Lipinski definition) is 5. The summed E-state index contributed by atoms with van der Waals surface area (Å²) in [6.07, 6.45) is 0. The monoisotopic (exact) mass is 442 g/mol. The van der Waals surface area contributed by atoms with Crippen LogP contribution >= 0.6 is 8.60 Å². The fourth-order valence-corrected chi connectivity index (χ4v) is 5.61. The average Bonchev–Trinajstić information content (AvgIpc) is 3.47. The first-order valence-electron chi connectivity index (χ1n) is 10.3. The number of hydrogen-bond donors (Lipinski definition) is 2. The molecule has 0 aromatic heterocycles. The van der Waals surface area contributed by atoms with Crippen molar-refractivity contribution in [1.29, 1.82) is 0 Å². The van der Waals surface area contributed by atoms with Gasteiger partial charge >= 0.3 is 8.60 Å². The quantitative estimate of drug-likeness (QED) is 0.413. The molecule has 0 saturated carbocycles. The van der Waals surface area contributed by atoms with Crippen LogP contribution in [0, 0.1) is 0 Å². The van der Waals surface area contributed by atoms with Gasteiger partial charge in [0.15, 0.2) is 22.7 Å². The van der Waals surface area contributed by atoms with E-state index in [0.717, 1.165) is 0 Å². The molecule has 0 aliphatic carbocycles. The van der Waals surface area contributed by atoms with E-state index in [4.69, 9.17) is 13.6 Å². The van der Waals surface area contributed by atoms with E-state index in [-0.39, 0.29) is 0 Å². The van der Waals surface area contributed by atoms with Crippen LogP contribution < -0.4 is 13.6 Å². The number of benzene rings is 4. The maximum absolute atomic E-state index is 12.7. The third-order valence-electron chi connectivity index (χ3n) is 6.07. The normalized spacial score (nSPS) is 17.8. The van der Waals surface area contributed by atoms with E-state index in [1.54, 1.807) is 24.3 Å². The summed E-state index contributed by atoms with van der Waals surface area (Å²) in [5.74, 6) is 1.45. The zero-order valence-electron chi connectivity index (χ0n) is 16.9. The topological polar surface area (TPSA) is 68.2 Å². The van der Waals surface area contributed by atoms with Gasteiger partial charge in [-0.2, -0.15) is 0 Å². The van der Waals surface area contributed by atoms with Gasteiger partial charge in [-0.05, 0) is 28.8 Å². The van der Waals surface area contributed by atoms with Crippen molar-refractivity contribution in [2.24, 2.45) is 0 Å². The highest BCUT2D eigenvalue weighted by atomic mass is 31.2. The van der Waals surface area contributed by atoms with Crippen molar-refractivity contribution in [3.05, 3.63) is 125 Å². The molecule has 2 aliphatic heterocycles. The van der Waals surface area contributed by atoms with Gasteiger partial charge in [-0.3, -0.25) is 0 Å². The molecule has 0 fully saturated rings. The van der Waals surface area contributed by atoms with E-state index >= 15 is 0 Å². The molecular formula is C26H19O5P. The molecule has 0 spiro atoms. The van der Waals surface area contributed by atoms with Crippen LogP contribution in [0.15, 0.2) is 103 Å². The first-order valence-corrected chi connectivity index (χ1v) is 11.3. The van der Waals surface area contributed by atoms with Gasteiger partial charge in [0.05, 0.1) is 0 Å². The SMILES string of the molecule is OC(c1ccccc1)(c1ccccc1)C(O)(c1ccccc1)c1ccc2c3c1OP(O2)O3. The van der Waals surface area contributed by atoms with Gasteiger partial charge in [0.1, 0.15) is 0 Å². The van der Waals surface area contributed by atoms with Gasteiger partial charge in [0, 0.05) is 5.56 Å². The van der Waals surface area contributed by atoms with Gasteiger partial charge in [0.2, 0.25) is 5.75 Å². The summed E-state index contributed by atoms with van der Waals surface area (Å²) < 4.78 is 17.2. The second-order valence-electron chi connectivity index (χ2n) is 7.79. The highest BCUT2D eigenvalue weighted by molar-refractivity contribution is 7.44. The summed E-state index contributed by atoms with van der Waals surface area (Å²) in [6.45, 7) is 0. The zero-order valence-corrected chi connectivity index (χ0v) is 17.8. The first-order chi connectivity index (χ1) is 15.6. The van der Waals surface area contributed by atoms with Gasteiger partial charge < -0.3 is 23.8 Å². The Morgan fingerprint density at radius 3 is 1.47 bits per heavy atom. The number of aliphatic hydroxyl groups is 2. The molecule has 6 heteroatoms. The van der Waals surface area contributed by atoms with E-state index in [1.165, 1.54) is 0 Å². The lowest BCUT2D eigenvalue weighted by molar-refractivity contribution is -0.113. The van der Waals surface area contributed by atoms with Crippen molar-refractivity contribution in [3.63, 3.8) is 0 Å². The van der Waals surface area contributed by atoms with Crippen LogP contribution in [0.4, 0.5) is 0 Å². The molecule has 0 amide bonds. The van der Waals surface area contributed by atoms with Gasteiger partial charge in [-0.1, -0.05) is 91.0 Å². The van der Waals surface area contributed by atoms with Crippen LogP contribution in [0.5, 0.6) is 17.2 Å². The lowest BCUT2D eigenvalue weighted by atomic mass is 9.66. The maximum atomic E-state index is 12.7. The van der Waals surface area contributed by atoms with E-state index in [2.05, 4.69) is 0 Å². The molecule has 158 valence electrons. The molecule has 0 saturated heterocycles. The van der Waals surface area contributed by atoms with Crippen molar-refractivity contribution in [2.45, 2.75) is 11.2 Å². The lowest BCUT2D eigenvalue weighted by Crippen LogP contribution is -2.51. The molecule has 2 N–H and O–H groups in total. The summed E-state index contributed by atoms with van der Waals surface area (Å²) in [4.78, 5) is 0. The van der Waals surface area contributed by atoms with Crippen molar-refractivity contribution in [3.8, 4) is 17.2 Å². The Bertz CT molecular complexity index is 1240. The second-order valence-corrected chi connectivity index (χ2v) is 8.78. The third kappa shape index (κ3) is 2.56. The van der Waals surface area contributed by atoms with Crippen LogP contribution in [-0.4, -0.2) is 10.2 Å². The first kappa shape index (κ1) is 19.3. The van der Waals surface area contributed by atoms with E-state index in [9.17, 15) is 10.2 Å². The Labute approximate surface area is 186 Å². The fourth-order valence-electron chi connectivity index (χ4n) is 4.55. The molecule has 4 aromatic carbocycles. The fraction of sp³-hybridized carbons (Fsp3) is 0.0769. The lowest BCUT2D eigenvalue weighted by Gasteiger charge is -2.45. The number of fused-ring (bicyclic) bond motifs is 1. The van der Waals surface area contributed by atoms with Crippen molar-refractivity contribution >= 4 is 8.60 Å². The smallest absolute Gasteiger partial charge is 0.404 e. The zero-order chi connectivity index (χ0) is 21.8. The minimum atomic E-state index is -1.91. The average molecular weight is 442 g/mol. The summed E-state index contributed by atoms with van der Waals surface area (Å²) in [7, 11) is -1.57. The van der Waals surface area contributed by atoms with Crippen molar-refractivity contribution in [2.75, 3.05) is 0 Å². The number of rotatable bonds is 5. The Morgan fingerprint density at radius 1 is 0.500 bits per heavy atom. The van der Waals surface area contributed by atoms with Crippen LogP contribution in [0.1, 0.15) is 22.3 Å². The third-order valence-corrected chi connectivity index (χ3v) is 7.08. The molecule has 2 atom stereocenters. The molecule has 2 unspecified atom stereocenters. The molecule has 2 heterocycles. The van der Waals surface area contributed by atoms with Gasteiger partial charge in [-0.25, -0.2) is 0 Å². The predicted molar refractivity (Wildman–Crippen MR) is 121 cm³/mol. The minimum absolute atomic E-state index is 0.400. The van der Waals surface area contributed by atoms with E-state index in [0.29, 0.717) is 39.5 Å². The standard InChI is InChI=1S/C26H19O5P/c27-25(18-10-4-1-5-11-18,19-12-6-2-7-13-19)26(28,20-14-8-3-9-15-20)21-16-17-22-24-23(21)30-32(29-22)31-24/h1-17,27-28H. The van der Waals surface area contributed by atoms with Crippen LogP contribution in [-0.2, 0) is 11.2 Å². The highest BCUT2D eigenvalue weighted by Gasteiger charge is 2.57. The molecule has 6 rings (SSSR count). The van der Waals surface area contributed by atoms with Gasteiger partial charge in [-0.15, -0.1) is 0 Å². The summed E-state index contributed by atoms with van der Waals surface area (Å²) in [6, 6.07) is 31.0. The molecule has 2 aliphatic rings. The largest absolute Gasteiger partial charge is 0.530 e. The molecular weight excluding hydrogens is 423 g/mol. The summed E-state index contributed by atoms with van der Waals surface area (Å²) >= 11 is 0. The van der Waals surface area contributed by atoms with Crippen LogP contribution in [0.2, 0.25) is 0 Å². The molecule has 32 heavy (non-hydrogen) atoms. The van der Waals surface area contributed by atoms with E-state index in [1.807, 2.05) is 78.9 Å². The minimum Gasteiger partial charge on any atom is -0.404 e. The van der Waals surface area contributed by atoms with Crippen LogP contribution in [0.3, 0.4) is 0 Å². The predicted octanol–water partition coefficient (Wildman–Crippen LogP) is 5.25. The Hall–Kier alpha value is -3.37.